The second kappa shape index (κ2) is 3.56. The summed E-state index contributed by atoms with van der Waals surface area (Å²) < 4.78 is 35.7. The Kier molecular flexibility index (Phi) is 2.25. The first-order chi connectivity index (χ1) is 8.07. The second-order valence-electron chi connectivity index (χ2n) is 3.39. The molecule has 1 aromatic heterocycles. The Bertz CT molecular complexity index is 585. The van der Waals surface area contributed by atoms with Crippen molar-refractivity contribution in [2.45, 2.75) is 6.29 Å². The molecule has 0 saturated carbocycles. The summed E-state index contributed by atoms with van der Waals surface area (Å²) in [5.74, 6) is 0.0533. The zero-order valence-electron chi connectivity index (χ0n) is 8.21. The predicted octanol–water partition coefficient (Wildman–Crippen LogP) is 3.00. The molecule has 1 aromatic carbocycles. The number of halogens is 3. The minimum absolute atomic E-state index is 0.0258. The van der Waals surface area contributed by atoms with Crippen LogP contribution in [0.5, 0.6) is 11.5 Å². The highest BCUT2D eigenvalue weighted by molar-refractivity contribution is 14.1. The van der Waals surface area contributed by atoms with Crippen LogP contribution in [-0.4, -0.2) is 16.5 Å². The van der Waals surface area contributed by atoms with E-state index >= 15 is 0 Å². The third kappa shape index (κ3) is 1.74. The summed E-state index contributed by atoms with van der Waals surface area (Å²) in [5.41, 5.74) is 1.13. The van der Waals surface area contributed by atoms with Crippen molar-refractivity contribution >= 4 is 22.6 Å². The molecule has 1 N–H and O–H groups in total. The standard InChI is InChI=1S/C10H5F2IN2O2/c11-10(12)16-7-3-1-2-5(9(7)17-10)8-6(13)4-14-15-8/h1-4H,(H,14,15). The van der Waals surface area contributed by atoms with Gasteiger partial charge in [0.15, 0.2) is 11.5 Å². The van der Waals surface area contributed by atoms with Gasteiger partial charge in [-0.1, -0.05) is 6.07 Å². The van der Waals surface area contributed by atoms with Crippen molar-refractivity contribution in [3.63, 3.8) is 0 Å². The molecule has 0 radical (unpaired) electrons. The van der Waals surface area contributed by atoms with Crippen LogP contribution in [0.25, 0.3) is 11.3 Å². The molecule has 1 aliphatic heterocycles. The summed E-state index contributed by atoms with van der Waals surface area (Å²) >= 11 is 2.06. The van der Waals surface area contributed by atoms with Crippen LogP contribution >= 0.6 is 22.6 Å². The van der Waals surface area contributed by atoms with Gasteiger partial charge in [0, 0.05) is 5.56 Å². The minimum atomic E-state index is -3.61. The monoisotopic (exact) mass is 350 g/mol. The van der Waals surface area contributed by atoms with E-state index in [0.717, 1.165) is 3.57 Å². The maximum absolute atomic E-state index is 13.0. The molecular weight excluding hydrogens is 345 g/mol. The van der Waals surface area contributed by atoms with Crippen LogP contribution in [0.1, 0.15) is 0 Å². The van der Waals surface area contributed by atoms with Gasteiger partial charge >= 0.3 is 6.29 Å². The van der Waals surface area contributed by atoms with Crippen molar-refractivity contribution in [1.82, 2.24) is 10.2 Å². The van der Waals surface area contributed by atoms with Crippen LogP contribution in [0.3, 0.4) is 0 Å². The van der Waals surface area contributed by atoms with Crippen LogP contribution in [0.4, 0.5) is 8.78 Å². The molecular formula is C10H5F2IN2O2. The van der Waals surface area contributed by atoms with Crippen LogP contribution in [0.15, 0.2) is 24.4 Å². The fraction of sp³-hybridized carbons (Fsp3) is 0.100. The van der Waals surface area contributed by atoms with E-state index in [4.69, 9.17) is 0 Å². The van der Waals surface area contributed by atoms with Crippen LogP contribution < -0.4 is 9.47 Å². The quantitative estimate of drug-likeness (QED) is 0.805. The number of aromatic amines is 1. The molecule has 7 heteroatoms. The van der Waals surface area contributed by atoms with E-state index in [-0.39, 0.29) is 11.5 Å². The Morgan fingerprint density at radius 2 is 2.12 bits per heavy atom. The number of hydrogen-bond donors (Lipinski definition) is 1. The smallest absolute Gasteiger partial charge is 0.395 e. The van der Waals surface area contributed by atoms with Crippen molar-refractivity contribution < 1.29 is 18.3 Å². The number of aromatic nitrogens is 2. The summed E-state index contributed by atoms with van der Waals surface area (Å²) in [6.07, 6.45) is -2.01. The molecule has 0 spiro atoms. The van der Waals surface area contributed by atoms with Gasteiger partial charge in [0.1, 0.15) is 0 Å². The number of para-hydroxylation sites is 1. The fourth-order valence-electron chi connectivity index (χ4n) is 1.63. The highest BCUT2D eigenvalue weighted by Crippen LogP contribution is 2.47. The number of fused-ring (bicyclic) bond motifs is 1. The minimum Gasteiger partial charge on any atom is -0.395 e. The van der Waals surface area contributed by atoms with E-state index in [2.05, 4.69) is 42.3 Å². The lowest BCUT2D eigenvalue weighted by Gasteiger charge is -2.06. The van der Waals surface area contributed by atoms with E-state index in [1.807, 2.05) is 0 Å². The van der Waals surface area contributed by atoms with Crippen molar-refractivity contribution in [2.75, 3.05) is 0 Å². The number of H-pyrrole nitrogens is 1. The number of nitrogens with zero attached hydrogens (tertiary/aromatic N) is 1. The van der Waals surface area contributed by atoms with Gasteiger partial charge < -0.3 is 9.47 Å². The molecule has 0 atom stereocenters. The first-order valence-corrected chi connectivity index (χ1v) is 5.73. The average molecular weight is 350 g/mol. The van der Waals surface area contributed by atoms with Gasteiger partial charge in [0.2, 0.25) is 0 Å². The maximum atomic E-state index is 13.0. The lowest BCUT2D eigenvalue weighted by Crippen LogP contribution is -2.26. The molecule has 4 nitrogen and oxygen atoms in total. The largest absolute Gasteiger partial charge is 0.586 e. The second-order valence-corrected chi connectivity index (χ2v) is 4.56. The Balaban J connectivity index is 2.16. The molecule has 3 rings (SSSR count). The van der Waals surface area contributed by atoms with Gasteiger partial charge in [0.25, 0.3) is 0 Å². The number of nitrogens with one attached hydrogen (secondary N) is 1. The van der Waals surface area contributed by atoms with Gasteiger partial charge in [-0.05, 0) is 34.7 Å². The molecule has 88 valence electrons. The van der Waals surface area contributed by atoms with E-state index < -0.39 is 6.29 Å². The van der Waals surface area contributed by atoms with Gasteiger partial charge in [-0.2, -0.15) is 5.10 Å². The summed E-state index contributed by atoms with van der Waals surface area (Å²) in [5, 5.41) is 6.58. The molecule has 17 heavy (non-hydrogen) atoms. The van der Waals surface area contributed by atoms with Crippen molar-refractivity contribution in [3.05, 3.63) is 28.0 Å². The summed E-state index contributed by atoms with van der Waals surface area (Å²) in [7, 11) is 0. The van der Waals surface area contributed by atoms with Gasteiger partial charge in [-0.25, -0.2) is 0 Å². The van der Waals surface area contributed by atoms with Crippen LogP contribution in [0, 0.1) is 3.57 Å². The molecule has 0 aliphatic carbocycles. The third-order valence-corrected chi connectivity index (χ3v) is 3.11. The molecule has 0 bridgehead atoms. The molecule has 0 saturated heterocycles. The Labute approximate surface area is 108 Å². The van der Waals surface area contributed by atoms with Crippen LogP contribution in [0.2, 0.25) is 0 Å². The zero-order valence-corrected chi connectivity index (χ0v) is 10.4. The Hall–Kier alpha value is -1.38. The first-order valence-electron chi connectivity index (χ1n) is 4.65. The lowest BCUT2D eigenvalue weighted by molar-refractivity contribution is -0.286. The zero-order chi connectivity index (χ0) is 12.0. The number of alkyl halides is 2. The lowest BCUT2D eigenvalue weighted by atomic mass is 10.1. The molecule has 2 heterocycles. The molecule has 0 amide bonds. The number of hydrogen-bond acceptors (Lipinski definition) is 3. The van der Waals surface area contributed by atoms with Gasteiger partial charge in [-0.15, -0.1) is 8.78 Å². The highest BCUT2D eigenvalue weighted by atomic mass is 127. The summed E-state index contributed by atoms with van der Waals surface area (Å²) in [6.45, 7) is 0. The summed E-state index contributed by atoms with van der Waals surface area (Å²) in [6, 6.07) is 4.72. The van der Waals surface area contributed by atoms with E-state index in [0.29, 0.717) is 11.3 Å². The fourth-order valence-corrected chi connectivity index (χ4v) is 2.18. The molecule has 0 unspecified atom stereocenters. The Morgan fingerprint density at radius 3 is 2.82 bits per heavy atom. The van der Waals surface area contributed by atoms with E-state index in [1.54, 1.807) is 18.3 Å². The first kappa shape index (κ1) is 10.8. The summed E-state index contributed by atoms with van der Waals surface area (Å²) in [4.78, 5) is 0. The maximum Gasteiger partial charge on any atom is 0.586 e. The van der Waals surface area contributed by atoms with E-state index in [1.165, 1.54) is 6.07 Å². The predicted molar refractivity (Wildman–Crippen MR) is 62.9 cm³/mol. The highest BCUT2D eigenvalue weighted by Gasteiger charge is 2.44. The van der Waals surface area contributed by atoms with Gasteiger partial charge in [-0.3, -0.25) is 5.10 Å². The van der Waals surface area contributed by atoms with Crippen molar-refractivity contribution in [1.29, 1.82) is 0 Å². The third-order valence-electron chi connectivity index (χ3n) is 2.29. The molecule has 2 aromatic rings. The van der Waals surface area contributed by atoms with E-state index in [9.17, 15) is 8.78 Å². The number of rotatable bonds is 1. The topological polar surface area (TPSA) is 47.1 Å². The molecule has 0 fully saturated rings. The number of benzene rings is 1. The normalized spacial score (nSPS) is 16.2. The van der Waals surface area contributed by atoms with Crippen molar-refractivity contribution in [3.8, 4) is 22.8 Å². The molecule has 1 aliphatic rings. The van der Waals surface area contributed by atoms with Gasteiger partial charge in [0.05, 0.1) is 15.5 Å². The average Bonchev–Trinajstić information content (AvgIpc) is 2.78. The number of ether oxygens (including phenoxy) is 2. The van der Waals surface area contributed by atoms with Crippen LogP contribution in [-0.2, 0) is 0 Å². The Morgan fingerprint density at radius 1 is 1.29 bits per heavy atom. The van der Waals surface area contributed by atoms with Crippen molar-refractivity contribution in [2.24, 2.45) is 0 Å². The SMILES string of the molecule is FC1(F)Oc2cccc(-c3[nH]ncc3I)c2O1.